The van der Waals surface area contributed by atoms with Crippen LogP contribution in [0.2, 0.25) is 0 Å². The Hall–Kier alpha value is -2.54. The van der Waals surface area contributed by atoms with Crippen LogP contribution in [0.15, 0.2) is 36.4 Å². The van der Waals surface area contributed by atoms with Crippen LogP contribution in [-0.4, -0.2) is 45.2 Å². The van der Waals surface area contributed by atoms with E-state index in [0.717, 1.165) is 5.82 Å². The van der Waals surface area contributed by atoms with E-state index in [-0.39, 0.29) is 5.69 Å². The van der Waals surface area contributed by atoms with Gasteiger partial charge in [-0.25, -0.2) is 0 Å². The van der Waals surface area contributed by atoms with Gasteiger partial charge < -0.3 is 5.32 Å². The maximum absolute atomic E-state index is 10.9. The van der Waals surface area contributed by atoms with E-state index in [4.69, 9.17) is 0 Å². The molecule has 7 nitrogen and oxygen atoms in total. The van der Waals surface area contributed by atoms with Crippen LogP contribution < -0.4 is 5.32 Å². The van der Waals surface area contributed by atoms with Gasteiger partial charge in [0.15, 0.2) is 0 Å². The second kappa shape index (κ2) is 6.40. The first-order chi connectivity index (χ1) is 12.1. The number of rotatable bonds is 4. The molecule has 130 valence electrons. The minimum Gasteiger partial charge on any atom is -0.364 e. The van der Waals surface area contributed by atoms with Crippen molar-refractivity contribution in [2.75, 3.05) is 18.4 Å². The number of hydrogen-bond acceptors (Lipinski definition) is 6. The molecule has 2 bridgehead atoms. The molecule has 0 spiro atoms. The molecule has 3 fully saturated rings. The summed E-state index contributed by atoms with van der Waals surface area (Å²) >= 11 is 0. The lowest BCUT2D eigenvalue weighted by molar-refractivity contribution is -0.384. The highest BCUT2D eigenvalue weighted by Gasteiger charge is 2.39. The standard InChI is InChI=1S/C18H21N5O2/c1-12-18(13-7-9-22(12)10-8-13)19-17-6-5-16(20-21-17)14-3-2-4-15(11-14)23(24)25/h2-6,11-13,18H,7-10H2,1H3,(H,19,21)/t12-,18-/m1/s1. The Balaban J connectivity index is 1.51. The van der Waals surface area contributed by atoms with Crippen molar-refractivity contribution in [1.82, 2.24) is 15.1 Å². The Morgan fingerprint density at radius 2 is 2.00 bits per heavy atom. The molecular formula is C18H21N5O2. The summed E-state index contributed by atoms with van der Waals surface area (Å²) in [4.78, 5) is 13.0. The van der Waals surface area contributed by atoms with Gasteiger partial charge in [0.1, 0.15) is 5.82 Å². The summed E-state index contributed by atoms with van der Waals surface area (Å²) in [6.45, 7) is 4.66. The molecule has 25 heavy (non-hydrogen) atoms. The van der Waals surface area contributed by atoms with Crippen molar-refractivity contribution in [3.8, 4) is 11.3 Å². The highest BCUT2D eigenvalue weighted by atomic mass is 16.6. The number of anilines is 1. The Morgan fingerprint density at radius 1 is 1.20 bits per heavy atom. The van der Waals surface area contributed by atoms with E-state index in [2.05, 4.69) is 27.3 Å². The van der Waals surface area contributed by atoms with Gasteiger partial charge in [-0.05, 0) is 50.9 Å². The van der Waals surface area contributed by atoms with Crippen LogP contribution >= 0.6 is 0 Å². The molecule has 3 saturated heterocycles. The molecule has 5 rings (SSSR count). The van der Waals surface area contributed by atoms with Crippen LogP contribution in [0.5, 0.6) is 0 Å². The fourth-order valence-electron chi connectivity index (χ4n) is 4.06. The maximum atomic E-state index is 10.9. The molecule has 7 heteroatoms. The first kappa shape index (κ1) is 16.0. The quantitative estimate of drug-likeness (QED) is 0.681. The number of hydrogen-bond donors (Lipinski definition) is 1. The molecule has 2 atom stereocenters. The minimum atomic E-state index is -0.401. The summed E-state index contributed by atoms with van der Waals surface area (Å²) in [5.41, 5.74) is 1.39. The van der Waals surface area contributed by atoms with Gasteiger partial charge in [-0.15, -0.1) is 10.2 Å². The first-order valence-electron chi connectivity index (χ1n) is 8.71. The molecule has 0 saturated carbocycles. The van der Waals surface area contributed by atoms with Crippen LogP contribution in [-0.2, 0) is 0 Å². The maximum Gasteiger partial charge on any atom is 0.270 e. The van der Waals surface area contributed by atoms with Crippen molar-refractivity contribution < 1.29 is 4.92 Å². The monoisotopic (exact) mass is 339 g/mol. The fourth-order valence-corrected chi connectivity index (χ4v) is 4.06. The molecule has 0 radical (unpaired) electrons. The highest BCUT2D eigenvalue weighted by Crippen LogP contribution is 2.33. The van der Waals surface area contributed by atoms with Crippen LogP contribution in [0.3, 0.4) is 0 Å². The van der Waals surface area contributed by atoms with Crippen molar-refractivity contribution in [2.24, 2.45) is 5.92 Å². The minimum absolute atomic E-state index is 0.0580. The Labute approximate surface area is 146 Å². The zero-order valence-corrected chi connectivity index (χ0v) is 14.1. The number of benzene rings is 1. The smallest absolute Gasteiger partial charge is 0.270 e. The number of nitrogens with one attached hydrogen (secondary N) is 1. The van der Waals surface area contributed by atoms with Crippen LogP contribution in [0.4, 0.5) is 11.5 Å². The van der Waals surface area contributed by atoms with Crippen LogP contribution in [0, 0.1) is 16.0 Å². The van der Waals surface area contributed by atoms with Crippen molar-refractivity contribution in [1.29, 1.82) is 0 Å². The van der Waals surface area contributed by atoms with E-state index >= 15 is 0 Å². The summed E-state index contributed by atoms with van der Waals surface area (Å²) in [6.07, 6.45) is 2.47. The van der Waals surface area contributed by atoms with Gasteiger partial charge >= 0.3 is 0 Å². The normalized spacial score (nSPS) is 27.9. The highest BCUT2D eigenvalue weighted by molar-refractivity contribution is 5.62. The van der Waals surface area contributed by atoms with Crippen LogP contribution in [0.1, 0.15) is 19.8 Å². The van der Waals surface area contributed by atoms with Gasteiger partial charge in [-0.2, -0.15) is 0 Å². The summed E-state index contributed by atoms with van der Waals surface area (Å²) in [7, 11) is 0. The van der Waals surface area contributed by atoms with E-state index in [9.17, 15) is 10.1 Å². The van der Waals surface area contributed by atoms with Crippen molar-refractivity contribution in [3.63, 3.8) is 0 Å². The second-order valence-corrected chi connectivity index (χ2v) is 6.90. The van der Waals surface area contributed by atoms with Gasteiger partial charge in [0.05, 0.1) is 10.6 Å². The van der Waals surface area contributed by atoms with Gasteiger partial charge in [-0.3, -0.25) is 15.0 Å². The Kier molecular flexibility index (Phi) is 4.09. The van der Waals surface area contributed by atoms with Gasteiger partial charge in [0.2, 0.25) is 0 Å². The molecule has 3 aliphatic heterocycles. The Bertz CT molecular complexity index is 769. The van der Waals surface area contributed by atoms with Crippen molar-refractivity contribution >= 4 is 11.5 Å². The van der Waals surface area contributed by atoms with Gasteiger partial charge in [0.25, 0.3) is 5.69 Å². The largest absolute Gasteiger partial charge is 0.364 e. The second-order valence-electron chi connectivity index (χ2n) is 6.90. The predicted molar refractivity (Wildman–Crippen MR) is 95.3 cm³/mol. The number of piperidine rings is 3. The third kappa shape index (κ3) is 3.07. The summed E-state index contributed by atoms with van der Waals surface area (Å²) in [5, 5.41) is 23.0. The summed E-state index contributed by atoms with van der Waals surface area (Å²) in [5.74, 6) is 1.46. The van der Waals surface area contributed by atoms with E-state index in [1.54, 1.807) is 12.1 Å². The lowest BCUT2D eigenvalue weighted by Gasteiger charge is -2.50. The van der Waals surface area contributed by atoms with Crippen molar-refractivity contribution in [3.05, 3.63) is 46.5 Å². The van der Waals surface area contributed by atoms with Crippen LogP contribution in [0.25, 0.3) is 11.3 Å². The molecule has 4 heterocycles. The zero-order valence-electron chi connectivity index (χ0n) is 14.1. The molecule has 0 amide bonds. The van der Waals surface area contributed by atoms with Crippen molar-refractivity contribution in [2.45, 2.75) is 31.8 Å². The third-order valence-corrected chi connectivity index (χ3v) is 5.51. The number of aromatic nitrogens is 2. The first-order valence-corrected chi connectivity index (χ1v) is 8.71. The molecule has 0 unspecified atom stereocenters. The SMILES string of the molecule is C[C@@H]1[C@@H](Nc2ccc(-c3cccc([N+](=O)[O-])c3)nn2)C2CCN1CC2. The number of nitrogens with zero attached hydrogens (tertiary/aromatic N) is 4. The van der Waals surface area contributed by atoms with E-state index in [1.165, 1.54) is 38.1 Å². The topological polar surface area (TPSA) is 84.2 Å². The van der Waals surface area contributed by atoms with Gasteiger partial charge in [-0.1, -0.05) is 12.1 Å². The molecule has 1 aromatic heterocycles. The average Bonchev–Trinajstić information content (AvgIpc) is 2.66. The molecule has 1 N–H and O–H groups in total. The zero-order chi connectivity index (χ0) is 17.4. The van der Waals surface area contributed by atoms with Gasteiger partial charge in [0, 0.05) is 29.8 Å². The lowest BCUT2D eigenvalue weighted by atomic mass is 9.79. The van der Waals surface area contributed by atoms with E-state index in [0.29, 0.717) is 29.3 Å². The average molecular weight is 339 g/mol. The summed E-state index contributed by atoms with van der Waals surface area (Å²) in [6, 6.07) is 11.1. The molecule has 2 aromatic rings. The molecule has 0 aliphatic carbocycles. The molecular weight excluding hydrogens is 318 g/mol. The molecule has 3 aliphatic rings. The Morgan fingerprint density at radius 3 is 2.64 bits per heavy atom. The van der Waals surface area contributed by atoms with E-state index in [1.807, 2.05) is 12.1 Å². The third-order valence-electron chi connectivity index (χ3n) is 5.51. The number of nitro groups is 1. The lowest BCUT2D eigenvalue weighted by Crippen LogP contribution is -2.59. The number of non-ortho nitro benzene ring substituents is 1. The summed E-state index contributed by atoms with van der Waals surface area (Å²) < 4.78 is 0. The predicted octanol–water partition coefficient (Wildman–Crippen LogP) is 2.95. The molecule has 1 aromatic carbocycles. The number of fused-ring (bicyclic) bond motifs is 3. The number of nitro benzene ring substituents is 1. The fraction of sp³-hybridized carbons (Fsp3) is 0.444. The van der Waals surface area contributed by atoms with E-state index < -0.39 is 4.92 Å².